The number of ether oxygens (including phenoxy) is 2. The molecule has 6 heterocycles. The molecular formula is C69H91N11O15. The molecule has 0 aliphatic carbocycles. The molecule has 2 saturated heterocycles. The number of likely N-dealkylation sites (tertiary alicyclic amines) is 2. The Hall–Kier alpha value is -9.27. The first-order chi connectivity index (χ1) is 44.8. The number of likely N-dealkylation sites (N-methyl/N-ethyl adjacent to an activating group) is 2. The van der Waals surface area contributed by atoms with Gasteiger partial charge in [-0.2, -0.15) is 0 Å². The van der Waals surface area contributed by atoms with E-state index in [-0.39, 0.29) is 64.0 Å². The molecule has 2 fully saturated rings. The Bertz CT molecular complexity index is 3500. The minimum Gasteiger partial charge on any atom is -0.490 e. The summed E-state index contributed by atoms with van der Waals surface area (Å²) in [7, 11) is 3.18. The van der Waals surface area contributed by atoms with Crippen molar-refractivity contribution in [3.8, 4) is 5.75 Å². The largest absolute Gasteiger partial charge is 0.490 e. The average Bonchev–Trinajstić information content (AvgIpc) is 1.70. The number of carboxylic acids is 2. The third-order valence-electron chi connectivity index (χ3n) is 17.4. The van der Waals surface area contributed by atoms with Crippen LogP contribution in [0, 0.1) is 10.8 Å². The third kappa shape index (κ3) is 19.7. The van der Waals surface area contributed by atoms with E-state index in [2.05, 4.69) is 47.9 Å². The molecule has 2 unspecified atom stereocenters. The standard InChI is InChI=1S/C69H91N11O15/c1-38(70-10)57(81)77-55(68(4,5)6)64(88)79-36-47-34-53(79)63(87)74-50(33-43-20-23-44-16-12-13-17-46(44)30-43)61(85)76-52(67(92)93)32-42-21-26-48(27-22-42)94-28-14-15-29-95-49-35-54(80(37-49)65(89)56(69(7,8)9)78-58(82)39(2)71-11)62(86)72-40(3)59(83)75-51(66(90)91)31-41-18-24-45(25-19-41)60(84)73-47/h12-27,30,38-40,47,49-56,70-71H,28-29,31-37H2,1-11H3,(H,72,86)(H,73,84)(H,74,87)(H,75,83)(H,76,85)(H,77,81)(H,78,82)(H,90,91)(H,92,93)/b15-14+/t38-,39-,40-,47-,49?,50-,51-,52-,53-,54?,55+,56+/m0/s1. The molecule has 4 aromatic carbocycles. The SMILES string of the molecule is CN[C@@H](C)C(=O)N[C@H](C(=O)N1CC2CC1C(=O)N[C@@H](C)C(=O)N[C@H](C(=O)O)Cc1ccc(cc1)C(=O)N[C@H]1C[C@@H](C(=O)N[C@@H](Cc3ccc4ccccc4c3)C(=O)N[C@H](C(=O)O)Cc3ccc(cc3)OC/C=C/CO2)N(C(=O)[C@@H](NC(=O)[C@H](C)NC)C(C)(C)C)C1)C(C)(C)C. The molecule has 8 bridgehead atoms. The molecule has 0 spiro atoms. The highest BCUT2D eigenvalue weighted by Gasteiger charge is 2.48. The molecule has 10 rings (SSSR count). The fourth-order valence-corrected chi connectivity index (χ4v) is 11.4. The molecule has 4 aromatic rings. The van der Waals surface area contributed by atoms with Gasteiger partial charge in [0, 0.05) is 50.4 Å². The number of benzene rings is 4. The first kappa shape index (κ1) is 73.1. The van der Waals surface area contributed by atoms with Gasteiger partial charge in [0.1, 0.15) is 60.7 Å². The van der Waals surface area contributed by atoms with Crippen LogP contribution in [0.15, 0.2) is 103 Å². The molecule has 0 radical (unpaired) electrons. The van der Waals surface area contributed by atoms with Crippen molar-refractivity contribution in [2.75, 3.05) is 40.4 Å². The Morgan fingerprint density at radius 1 is 0.589 bits per heavy atom. The van der Waals surface area contributed by atoms with Crippen molar-refractivity contribution < 1.29 is 72.4 Å². The van der Waals surface area contributed by atoms with Crippen LogP contribution >= 0.6 is 0 Å². The maximum Gasteiger partial charge on any atom is 0.326 e. The number of fused-ring (bicyclic) bond motifs is 1. The lowest BCUT2D eigenvalue weighted by Crippen LogP contribution is -2.61. The van der Waals surface area contributed by atoms with Crippen LogP contribution in [-0.4, -0.2) is 198 Å². The zero-order chi connectivity index (χ0) is 69.6. The van der Waals surface area contributed by atoms with E-state index in [9.17, 15) is 53.4 Å². The minimum atomic E-state index is -1.53. The highest BCUT2D eigenvalue weighted by molar-refractivity contribution is 5.99. The molecule has 11 N–H and O–H groups in total. The number of hydrogen-bond donors (Lipinski definition) is 11. The Labute approximate surface area is 553 Å². The second-order valence-electron chi connectivity index (χ2n) is 26.8. The molecular weight excluding hydrogens is 1220 g/mol. The summed E-state index contributed by atoms with van der Waals surface area (Å²) in [6.07, 6.45) is 1.95. The molecule has 95 heavy (non-hydrogen) atoms. The van der Waals surface area contributed by atoms with E-state index < -0.39 is 148 Å². The molecule has 0 saturated carbocycles. The van der Waals surface area contributed by atoms with Crippen molar-refractivity contribution in [2.24, 2.45) is 10.8 Å². The van der Waals surface area contributed by atoms with Crippen molar-refractivity contribution in [1.29, 1.82) is 0 Å². The summed E-state index contributed by atoms with van der Waals surface area (Å²) in [5.41, 5.74) is -0.128. The lowest BCUT2D eigenvalue weighted by molar-refractivity contribution is -0.145. The van der Waals surface area contributed by atoms with Crippen LogP contribution in [0.5, 0.6) is 5.75 Å². The van der Waals surface area contributed by atoms with Gasteiger partial charge in [0.2, 0.25) is 47.3 Å². The Morgan fingerprint density at radius 3 is 1.64 bits per heavy atom. The number of nitrogens with one attached hydrogen (secondary N) is 9. The summed E-state index contributed by atoms with van der Waals surface area (Å²) in [5, 5.41) is 47.6. The first-order valence-corrected chi connectivity index (χ1v) is 31.9. The minimum absolute atomic E-state index is 0.00405. The van der Waals surface area contributed by atoms with Gasteiger partial charge in [0.15, 0.2) is 0 Å². The van der Waals surface area contributed by atoms with Crippen molar-refractivity contribution >= 4 is 75.9 Å². The van der Waals surface area contributed by atoms with Crippen molar-refractivity contribution in [2.45, 2.75) is 167 Å². The summed E-state index contributed by atoms with van der Waals surface area (Å²) in [5.74, 6) is -8.37. The molecule has 9 amide bonds. The predicted molar refractivity (Wildman–Crippen MR) is 352 cm³/mol. The second-order valence-corrected chi connectivity index (χ2v) is 26.8. The van der Waals surface area contributed by atoms with Gasteiger partial charge in [-0.25, -0.2) is 9.59 Å². The fraction of sp³-hybridized carbons (Fsp3) is 0.493. The number of aliphatic carboxylic acids is 2. The number of rotatable bonds is 12. The van der Waals surface area contributed by atoms with Crippen LogP contribution in [-0.2, 0) is 71.9 Å². The smallest absolute Gasteiger partial charge is 0.326 e. The van der Waals surface area contributed by atoms with Crippen LogP contribution in [0.2, 0.25) is 0 Å². The number of carbonyl (C=O) groups is 11. The van der Waals surface area contributed by atoms with Crippen molar-refractivity contribution in [3.05, 3.63) is 125 Å². The van der Waals surface area contributed by atoms with E-state index in [1.54, 1.807) is 112 Å². The summed E-state index contributed by atoms with van der Waals surface area (Å²) in [6.45, 7) is 15.0. The second kappa shape index (κ2) is 32.2. The van der Waals surface area contributed by atoms with Gasteiger partial charge in [-0.05, 0) is 110 Å². The predicted octanol–water partition coefficient (Wildman–Crippen LogP) is 1.91. The number of carbonyl (C=O) groups excluding carboxylic acids is 9. The molecule has 6 aliphatic rings. The Balaban J connectivity index is 1.20. The van der Waals surface area contributed by atoms with Gasteiger partial charge in [-0.3, -0.25) is 43.2 Å². The van der Waals surface area contributed by atoms with Crippen LogP contribution in [0.1, 0.15) is 102 Å². The number of hydrogen-bond acceptors (Lipinski definition) is 15. The third-order valence-corrected chi connectivity index (χ3v) is 17.4. The van der Waals surface area contributed by atoms with Crippen LogP contribution < -0.4 is 52.6 Å². The van der Waals surface area contributed by atoms with E-state index in [1.807, 2.05) is 36.4 Å². The Morgan fingerprint density at radius 2 is 1.09 bits per heavy atom. The normalized spacial score (nSPS) is 23.9. The molecule has 0 aromatic heterocycles. The quantitative estimate of drug-likeness (QED) is 0.0903. The zero-order valence-electron chi connectivity index (χ0n) is 55.7. The van der Waals surface area contributed by atoms with Crippen molar-refractivity contribution in [1.82, 2.24) is 57.7 Å². The number of amides is 9. The van der Waals surface area contributed by atoms with Gasteiger partial charge >= 0.3 is 11.9 Å². The van der Waals surface area contributed by atoms with Gasteiger partial charge < -0.3 is 77.3 Å². The highest BCUT2D eigenvalue weighted by Crippen LogP contribution is 2.30. The van der Waals surface area contributed by atoms with Gasteiger partial charge in [-0.1, -0.05) is 114 Å². The monoisotopic (exact) mass is 1310 g/mol. The molecule has 512 valence electrons. The summed E-state index contributed by atoms with van der Waals surface area (Å²) in [4.78, 5) is 157. The lowest BCUT2D eigenvalue weighted by atomic mass is 9.85. The molecule has 26 heteroatoms. The lowest BCUT2D eigenvalue weighted by Gasteiger charge is -2.36. The summed E-state index contributed by atoms with van der Waals surface area (Å²) >= 11 is 0. The topological polar surface area (TPSA) is 361 Å². The molecule has 6 aliphatic heterocycles. The zero-order valence-corrected chi connectivity index (χ0v) is 55.7. The maximum absolute atomic E-state index is 15.1. The molecule has 26 nitrogen and oxygen atoms in total. The van der Waals surface area contributed by atoms with E-state index >= 15 is 9.59 Å². The average molecular weight is 1310 g/mol. The van der Waals surface area contributed by atoms with E-state index in [0.717, 1.165) is 10.8 Å². The highest BCUT2D eigenvalue weighted by atomic mass is 16.5. The summed E-state index contributed by atoms with van der Waals surface area (Å²) in [6, 6.07) is 12.6. The Kier molecular flexibility index (Phi) is 24.8. The van der Waals surface area contributed by atoms with Crippen LogP contribution in [0.25, 0.3) is 10.8 Å². The maximum atomic E-state index is 15.1. The van der Waals surface area contributed by atoms with E-state index in [1.165, 1.54) is 41.0 Å². The number of nitrogens with zero attached hydrogens (tertiary/aromatic N) is 2. The van der Waals surface area contributed by atoms with Crippen LogP contribution in [0.3, 0.4) is 0 Å². The summed E-state index contributed by atoms with van der Waals surface area (Å²) < 4.78 is 12.1. The number of carboxylic acid groups (broad SMARTS) is 2. The molecule has 12 atom stereocenters. The fourth-order valence-electron chi connectivity index (χ4n) is 11.4. The van der Waals surface area contributed by atoms with Gasteiger partial charge in [-0.15, -0.1) is 0 Å². The van der Waals surface area contributed by atoms with Crippen LogP contribution in [0.4, 0.5) is 0 Å². The van der Waals surface area contributed by atoms with Crippen molar-refractivity contribution in [3.63, 3.8) is 0 Å². The van der Waals surface area contributed by atoms with Gasteiger partial charge in [0.05, 0.1) is 24.8 Å². The van der Waals surface area contributed by atoms with E-state index in [4.69, 9.17) is 9.47 Å². The van der Waals surface area contributed by atoms with Gasteiger partial charge in [0.25, 0.3) is 5.91 Å². The van der Waals surface area contributed by atoms with E-state index in [0.29, 0.717) is 22.4 Å². The first-order valence-electron chi connectivity index (χ1n) is 31.9.